The molecule has 5 heteroatoms. The SMILES string of the molecule is COCCNc1cccnc1C(N)=O. The van der Waals surface area contributed by atoms with Crippen LogP contribution in [0.3, 0.4) is 0 Å². The van der Waals surface area contributed by atoms with Crippen molar-refractivity contribution in [3.8, 4) is 0 Å². The van der Waals surface area contributed by atoms with Crippen LogP contribution in [0.1, 0.15) is 10.5 Å². The first-order chi connectivity index (χ1) is 6.75. The Balaban J connectivity index is 2.69. The maximum Gasteiger partial charge on any atom is 0.269 e. The van der Waals surface area contributed by atoms with Gasteiger partial charge in [-0.25, -0.2) is 4.98 Å². The Hall–Kier alpha value is -1.62. The zero-order chi connectivity index (χ0) is 10.4. The zero-order valence-electron chi connectivity index (χ0n) is 7.99. The molecule has 0 atom stereocenters. The molecule has 0 saturated heterocycles. The summed E-state index contributed by atoms with van der Waals surface area (Å²) < 4.78 is 4.86. The van der Waals surface area contributed by atoms with Gasteiger partial charge < -0.3 is 15.8 Å². The van der Waals surface area contributed by atoms with E-state index in [-0.39, 0.29) is 5.69 Å². The fourth-order valence-electron chi connectivity index (χ4n) is 1.03. The lowest BCUT2D eigenvalue weighted by atomic mass is 10.3. The quantitative estimate of drug-likeness (QED) is 0.660. The van der Waals surface area contributed by atoms with Crippen LogP contribution in [0.25, 0.3) is 0 Å². The summed E-state index contributed by atoms with van der Waals surface area (Å²) in [5, 5.41) is 3.01. The molecular weight excluding hydrogens is 182 g/mol. The maximum absolute atomic E-state index is 10.9. The Bertz CT molecular complexity index is 315. The number of primary amides is 1. The van der Waals surface area contributed by atoms with E-state index in [1.807, 2.05) is 0 Å². The number of hydrogen-bond donors (Lipinski definition) is 2. The van der Waals surface area contributed by atoms with Crippen molar-refractivity contribution in [2.24, 2.45) is 5.73 Å². The van der Waals surface area contributed by atoms with Crippen LogP contribution in [0.5, 0.6) is 0 Å². The summed E-state index contributed by atoms with van der Waals surface area (Å²) in [6.45, 7) is 1.18. The minimum absolute atomic E-state index is 0.253. The molecule has 1 rings (SSSR count). The molecule has 0 unspecified atom stereocenters. The van der Waals surface area contributed by atoms with Crippen molar-refractivity contribution in [1.29, 1.82) is 0 Å². The number of pyridine rings is 1. The Morgan fingerprint density at radius 2 is 2.50 bits per heavy atom. The van der Waals surface area contributed by atoms with E-state index in [9.17, 15) is 4.79 Å². The molecule has 0 fully saturated rings. The van der Waals surface area contributed by atoms with Crippen LogP contribution in [0, 0.1) is 0 Å². The Labute approximate surface area is 82.3 Å². The number of aromatic nitrogens is 1. The van der Waals surface area contributed by atoms with E-state index >= 15 is 0 Å². The van der Waals surface area contributed by atoms with E-state index in [0.29, 0.717) is 18.8 Å². The summed E-state index contributed by atoms with van der Waals surface area (Å²) in [5.74, 6) is -0.537. The molecular formula is C9H13N3O2. The molecule has 0 aliphatic carbocycles. The third-order valence-corrected chi connectivity index (χ3v) is 1.66. The second-order valence-corrected chi connectivity index (χ2v) is 2.68. The number of nitrogens with zero attached hydrogens (tertiary/aromatic N) is 1. The van der Waals surface area contributed by atoms with Gasteiger partial charge >= 0.3 is 0 Å². The lowest BCUT2D eigenvalue weighted by Crippen LogP contribution is -2.17. The zero-order valence-corrected chi connectivity index (χ0v) is 7.99. The van der Waals surface area contributed by atoms with Gasteiger partial charge in [-0.15, -0.1) is 0 Å². The van der Waals surface area contributed by atoms with Crippen LogP contribution in [-0.2, 0) is 4.74 Å². The molecule has 14 heavy (non-hydrogen) atoms. The monoisotopic (exact) mass is 195 g/mol. The molecule has 1 amide bonds. The van der Waals surface area contributed by atoms with Gasteiger partial charge in [0.2, 0.25) is 0 Å². The average molecular weight is 195 g/mol. The largest absolute Gasteiger partial charge is 0.383 e. The molecule has 0 aromatic carbocycles. The molecule has 0 saturated carbocycles. The summed E-state index contributed by atoms with van der Waals surface area (Å²) in [6.07, 6.45) is 1.53. The van der Waals surface area contributed by atoms with Crippen LogP contribution >= 0.6 is 0 Å². The van der Waals surface area contributed by atoms with Crippen molar-refractivity contribution >= 4 is 11.6 Å². The predicted octanol–water partition coefficient (Wildman–Crippen LogP) is 0.239. The van der Waals surface area contributed by atoms with Crippen molar-refractivity contribution in [1.82, 2.24) is 4.98 Å². The number of amides is 1. The van der Waals surface area contributed by atoms with Gasteiger partial charge in [0.25, 0.3) is 5.91 Å². The van der Waals surface area contributed by atoms with Crippen molar-refractivity contribution in [3.63, 3.8) is 0 Å². The Morgan fingerprint density at radius 3 is 3.14 bits per heavy atom. The van der Waals surface area contributed by atoms with E-state index in [2.05, 4.69) is 10.3 Å². The van der Waals surface area contributed by atoms with Crippen molar-refractivity contribution in [3.05, 3.63) is 24.0 Å². The molecule has 0 aliphatic heterocycles. The number of nitrogens with one attached hydrogen (secondary N) is 1. The van der Waals surface area contributed by atoms with Crippen LogP contribution < -0.4 is 11.1 Å². The van der Waals surface area contributed by atoms with Gasteiger partial charge in [-0.3, -0.25) is 4.79 Å². The van der Waals surface area contributed by atoms with Gasteiger partial charge in [-0.05, 0) is 12.1 Å². The Kier molecular flexibility index (Phi) is 3.87. The average Bonchev–Trinajstić information content (AvgIpc) is 2.19. The van der Waals surface area contributed by atoms with Crippen LogP contribution in [0.4, 0.5) is 5.69 Å². The highest BCUT2D eigenvalue weighted by molar-refractivity contribution is 5.96. The van der Waals surface area contributed by atoms with Gasteiger partial charge in [0.15, 0.2) is 5.69 Å². The highest BCUT2D eigenvalue weighted by Crippen LogP contribution is 2.10. The first-order valence-electron chi connectivity index (χ1n) is 4.23. The molecule has 1 aromatic rings. The van der Waals surface area contributed by atoms with Gasteiger partial charge in [-0.1, -0.05) is 0 Å². The Morgan fingerprint density at radius 1 is 1.71 bits per heavy atom. The number of anilines is 1. The minimum Gasteiger partial charge on any atom is -0.383 e. The second kappa shape index (κ2) is 5.18. The standard InChI is InChI=1S/C9H13N3O2/c1-14-6-5-11-7-3-2-4-12-8(7)9(10)13/h2-4,11H,5-6H2,1H3,(H2,10,13). The number of carbonyl (C=O) groups is 1. The highest BCUT2D eigenvalue weighted by Gasteiger charge is 2.07. The first kappa shape index (κ1) is 10.5. The number of hydrogen-bond acceptors (Lipinski definition) is 4. The topological polar surface area (TPSA) is 77.2 Å². The normalized spacial score (nSPS) is 9.79. The van der Waals surface area contributed by atoms with Gasteiger partial charge in [0, 0.05) is 19.9 Å². The molecule has 0 bridgehead atoms. The number of carbonyl (C=O) groups excluding carboxylic acids is 1. The van der Waals surface area contributed by atoms with Gasteiger partial charge in [-0.2, -0.15) is 0 Å². The van der Waals surface area contributed by atoms with E-state index in [1.165, 1.54) is 6.20 Å². The van der Waals surface area contributed by atoms with Crippen LogP contribution in [0.15, 0.2) is 18.3 Å². The van der Waals surface area contributed by atoms with E-state index in [4.69, 9.17) is 10.5 Å². The minimum atomic E-state index is -0.537. The third kappa shape index (κ3) is 2.70. The molecule has 1 heterocycles. The molecule has 1 aromatic heterocycles. The fourth-order valence-corrected chi connectivity index (χ4v) is 1.03. The summed E-state index contributed by atoms with van der Waals surface area (Å²) in [4.78, 5) is 14.8. The summed E-state index contributed by atoms with van der Waals surface area (Å²) in [7, 11) is 1.61. The third-order valence-electron chi connectivity index (χ3n) is 1.66. The van der Waals surface area contributed by atoms with Crippen LogP contribution in [-0.4, -0.2) is 31.2 Å². The molecule has 0 spiro atoms. The van der Waals surface area contributed by atoms with Crippen molar-refractivity contribution < 1.29 is 9.53 Å². The lowest BCUT2D eigenvalue weighted by molar-refractivity contribution is 0.0996. The highest BCUT2D eigenvalue weighted by atomic mass is 16.5. The molecule has 0 aliphatic rings. The molecule has 3 N–H and O–H groups in total. The van der Waals surface area contributed by atoms with Gasteiger partial charge in [0.1, 0.15) is 0 Å². The molecule has 5 nitrogen and oxygen atoms in total. The number of rotatable bonds is 5. The van der Waals surface area contributed by atoms with E-state index in [1.54, 1.807) is 19.2 Å². The lowest BCUT2D eigenvalue weighted by Gasteiger charge is -2.07. The summed E-state index contributed by atoms with van der Waals surface area (Å²) in [6, 6.07) is 3.49. The molecule has 0 radical (unpaired) electrons. The smallest absolute Gasteiger partial charge is 0.269 e. The number of ether oxygens (including phenoxy) is 1. The first-order valence-corrected chi connectivity index (χ1v) is 4.23. The van der Waals surface area contributed by atoms with E-state index in [0.717, 1.165) is 0 Å². The van der Waals surface area contributed by atoms with Crippen LogP contribution in [0.2, 0.25) is 0 Å². The predicted molar refractivity (Wildman–Crippen MR) is 53.1 cm³/mol. The second-order valence-electron chi connectivity index (χ2n) is 2.68. The molecule has 76 valence electrons. The van der Waals surface area contributed by atoms with E-state index < -0.39 is 5.91 Å². The summed E-state index contributed by atoms with van der Waals surface area (Å²) >= 11 is 0. The maximum atomic E-state index is 10.9. The summed E-state index contributed by atoms with van der Waals surface area (Å²) in [5.41, 5.74) is 6.04. The fraction of sp³-hybridized carbons (Fsp3) is 0.333. The van der Waals surface area contributed by atoms with Crippen molar-refractivity contribution in [2.75, 3.05) is 25.6 Å². The van der Waals surface area contributed by atoms with Crippen molar-refractivity contribution in [2.45, 2.75) is 0 Å². The number of nitrogens with two attached hydrogens (primary N) is 1. The number of methoxy groups -OCH3 is 1. The van der Waals surface area contributed by atoms with Gasteiger partial charge in [0.05, 0.1) is 12.3 Å².